The first-order valence-electron chi connectivity index (χ1n) is 5.27. The normalized spacial score (nSPS) is 21.8. The Morgan fingerprint density at radius 3 is 2.67 bits per heavy atom. The summed E-state index contributed by atoms with van der Waals surface area (Å²) in [5.41, 5.74) is 0.145. The van der Waals surface area contributed by atoms with Crippen LogP contribution in [0, 0.1) is 5.92 Å². The number of halogens is 1. The largest absolute Gasteiger partial charge is 0.481 e. The van der Waals surface area contributed by atoms with Crippen LogP contribution in [0.2, 0.25) is 5.15 Å². The van der Waals surface area contributed by atoms with Crippen LogP contribution in [0.5, 0.6) is 0 Å². The zero-order valence-corrected chi connectivity index (χ0v) is 9.96. The topological polar surface area (TPSA) is 92.2 Å². The molecular formula is C11H10ClN3O3. The molecule has 2 N–H and O–H groups in total. The minimum absolute atomic E-state index is 0.145. The second-order valence-corrected chi connectivity index (χ2v) is 4.27. The molecular weight excluding hydrogens is 258 g/mol. The molecule has 1 amide bonds. The van der Waals surface area contributed by atoms with Gasteiger partial charge in [-0.1, -0.05) is 23.8 Å². The first-order chi connectivity index (χ1) is 8.56. The van der Waals surface area contributed by atoms with Crippen LogP contribution >= 0.6 is 11.6 Å². The first kappa shape index (κ1) is 12.5. The van der Waals surface area contributed by atoms with Crippen LogP contribution in [0.4, 0.5) is 0 Å². The average molecular weight is 268 g/mol. The zero-order chi connectivity index (χ0) is 13.1. The summed E-state index contributed by atoms with van der Waals surface area (Å²) in [6.45, 7) is 0. The van der Waals surface area contributed by atoms with E-state index in [2.05, 4.69) is 15.5 Å². The van der Waals surface area contributed by atoms with E-state index in [9.17, 15) is 9.59 Å². The molecule has 0 saturated heterocycles. The molecule has 1 aliphatic rings. The number of nitrogens with one attached hydrogen (secondary N) is 1. The maximum Gasteiger partial charge on any atom is 0.310 e. The van der Waals surface area contributed by atoms with Crippen molar-refractivity contribution in [3.8, 4) is 0 Å². The van der Waals surface area contributed by atoms with Gasteiger partial charge in [-0.15, -0.1) is 10.2 Å². The molecule has 18 heavy (non-hydrogen) atoms. The highest BCUT2D eigenvalue weighted by Gasteiger charge is 2.25. The zero-order valence-electron chi connectivity index (χ0n) is 9.21. The van der Waals surface area contributed by atoms with E-state index in [-0.39, 0.29) is 16.9 Å². The number of carbonyl (C=O) groups excluding carboxylic acids is 1. The number of rotatable bonds is 3. The molecule has 0 radical (unpaired) electrons. The Kier molecular flexibility index (Phi) is 3.57. The summed E-state index contributed by atoms with van der Waals surface area (Å²) in [6, 6.07) is 2.63. The minimum Gasteiger partial charge on any atom is -0.481 e. The summed E-state index contributed by atoms with van der Waals surface area (Å²) in [7, 11) is 0. The Hall–Kier alpha value is -1.95. The molecule has 0 aromatic carbocycles. The fourth-order valence-corrected chi connectivity index (χ4v) is 1.77. The van der Waals surface area contributed by atoms with Crippen molar-refractivity contribution < 1.29 is 14.7 Å². The van der Waals surface area contributed by atoms with Crippen LogP contribution in [0.25, 0.3) is 0 Å². The van der Waals surface area contributed by atoms with Crippen molar-refractivity contribution in [3.63, 3.8) is 0 Å². The first-order valence-corrected chi connectivity index (χ1v) is 5.65. The molecule has 0 saturated carbocycles. The SMILES string of the molecule is O=C(NC1C=CC(C(=O)O)C1)c1ccc(Cl)nn1. The number of aromatic nitrogens is 2. The van der Waals surface area contributed by atoms with Crippen LogP contribution in [-0.4, -0.2) is 33.2 Å². The number of carbonyl (C=O) groups is 2. The van der Waals surface area contributed by atoms with Gasteiger partial charge in [-0.3, -0.25) is 9.59 Å². The molecule has 2 rings (SSSR count). The number of nitrogens with zero attached hydrogens (tertiary/aromatic N) is 2. The van der Waals surface area contributed by atoms with Gasteiger partial charge >= 0.3 is 5.97 Å². The molecule has 0 bridgehead atoms. The van der Waals surface area contributed by atoms with Gasteiger partial charge < -0.3 is 10.4 Å². The van der Waals surface area contributed by atoms with Crippen molar-refractivity contribution in [3.05, 3.63) is 35.1 Å². The summed E-state index contributed by atoms with van der Waals surface area (Å²) < 4.78 is 0. The maximum absolute atomic E-state index is 11.8. The predicted molar refractivity (Wildman–Crippen MR) is 63.2 cm³/mol. The lowest BCUT2D eigenvalue weighted by Gasteiger charge is -2.11. The molecule has 6 nitrogen and oxygen atoms in total. The van der Waals surface area contributed by atoms with Gasteiger partial charge in [-0.25, -0.2) is 0 Å². The van der Waals surface area contributed by atoms with E-state index >= 15 is 0 Å². The Bertz CT molecular complexity index is 501. The number of aliphatic carboxylic acids is 1. The Morgan fingerprint density at radius 2 is 2.11 bits per heavy atom. The third-order valence-electron chi connectivity index (χ3n) is 2.58. The Balaban J connectivity index is 1.95. The molecule has 7 heteroatoms. The van der Waals surface area contributed by atoms with Crippen LogP contribution in [-0.2, 0) is 4.79 Å². The summed E-state index contributed by atoms with van der Waals surface area (Å²) in [6.07, 6.45) is 3.59. The predicted octanol–water partition coefficient (Wildman–Crippen LogP) is 0.889. The lowest BCUT2D eigenvalue weighted by atomic mass is 10.1. The molecule has 0 aliphatic heterocycles. The molecule has 0 spiro atoms. The molecule has 1 heterocycles. The van der Waals surface area contributed by atoms with Gasteiger partial charge in [0.15, 0.2) is 10.8 Å². The van der Waals surface area contributed by atoms with Crippen LogP contribution in [0.15, 0.2) is 24.3 Å². The van der Waals surface area contributed by atoms with Gasteiger partial charge in [0.05, 0.1) is 5.92 Å². The number of hydrogen-bond acceptors (Lipinski definition) is 4. The van der Waals surface area contributed by atoms with Crippen LogP contribution < -0.4 is 5.32 Å². The smallest absolute Gasteiger partial charge is 0.310 e. The molecule has 2 unspecified atom stereocenters. The van der Waals surface area contributed by atoms with E-state index in [1.807, 2.05) is 0 Å². The van der Waals surface area contributed by atoms with Gasteiger partial charge in [0.2, 0.25) is 0 Å². The van der Waals surface area contributed by atoms with Gasteiger partial charge in [0.1, 0.15) is 0 Å². The number of carboxylic acids is 1. The van der Waals surface area contributed by atoms with E-state index in [4.69, 9.17) is 16.7 Å². The third kappa shape index (κ3) is 2.84. The maximum atomic E-state index is 11.8. The minimum atomic E-state index is -0.894. The molecule has 1 aromatic heterocycles. The van der Waals surface area contributed by atoms with E-state index in [1.165, 1.54) is 12.1 Å². The van der Waals surface area contributed by atoms with E-state index in [0.29, 0.717) is 6.42 Å². The van der Waals surface area contributed by atoms with E-state index in [0.717, 1.165) is 0 Å². The lowest BCUT2D eigenvalue weighted by molar-refractivity contribution is -0.140. The molecule has 1 aromatic rings. The van der Waals surface area contributed by atoms with Gasteiger partial charge in [-0.2, -0.15) is 0 Å². The highest BCUT2D eigenvalue weighted by atomic mass is 35.5. The number of hydrogen-bond donors (Lipinski definition) is 2. The van der Waals surface area contributed by atoms with Crippen molar-refractivity contribution in [1.29, 1.82) is 0 Å². The van der Waals surface area contributed by atoms with Crippen molar-refractivity contribution >= 4 is 23.5 Å². The van der Waals surface area contributed by atoms with Crippen molar-refractivity contribution in [2.24, 2.45) is 5.92 Å². The second-order valence-electron chi connectivity index (χ2n) is 3.89. The Labute approximate surface area is 108 Å². The lowest BCUT2D eigenvalue weighted by Crippen LogP contribution is -2.33. The molecule has 0 fully saturated rings. The summed E-state index contributed by atoms with van der Waals surface area (Å²) >= 11 is 5.56. The number of amides is 1. The monoisotopic (exact) mass is 267 g/mol. The van der Waals surface area contributed by atoms with Crippen LogP contribution in [0.1, 0.15) is 16.9 Å². The summed E-state index contributed by atoms with van der Waals surface area (Å²) in [4.78, 5) is 22.5. The average Bonchev–Trinajstić information content (AvgIpc) is 2.78. The summed E-state index contributed by atoms with van der Waals surface area (Å²) in [5.74, 6) is -1.85. The van der Waals surface area contributed by atoms with Crippen molar-refractivity contribution in [2.75, 3.05) is 0 Å². The van der Waals surface area contributed by atoms with Crippen LogP contribution in [0.3, 0.4) is 0 Å². The van der Waals surface area contributed by atoms with E-state index in [1.54, 1.807) is 12.2 Å². The fraction of sp³-hybridized carbons (Fsp3) is 0.273. The fourth-order valence-electron chi connectivity index (χ4n) is 1.67. The Morgan fingerprint density at radius 1 is 1.33 bits per heavy atom. The van der Waals surface area contributed by atoms with Gasteiger partial charge in [0.25, 0.3) is 5.91 Å². The molecule has 1 aliphatic carbocycles. The van der Waals surface area contributed by atoms with Crippen molar-refractivity contribution in [2.45, 2.75) is 12.5 Å². The summed E-state index contributed by atoms with van der Waals surface area (Å²) in [5, 5.41) is 18.9. The second kappa shape index (κ2) is 5.14. The van der Waals surface area contributed by atoms with Gasteiger partial charge in [0, 0.05) is 6.04 Å². The van der Waals surface area contributed by atoms with Gasteiger partial charge in [-0.05, 0) is 18.6 Å². The highest BCUT2D eigenvalue weighted by Crippen LogP contribution is 2.18. The quantitative estimate of drug-likeness (QED) is 0.794. The standard InChI is InChI=1S/C11H10ClN3O3/c12-9-4-3-8(14-15-9)10(16)13-7-2-1-6(5-7)11(17)18/h1-4,6-7H,5H2,(H,13,16)(H,17,18). The number of carboxylic acid groups (broad SMARTS) is 1. The highest BCUT2D eigenvalue weighted by molar-refractivity contribution is 6.29. The third-order valence-corrected chi connectivity index (χ3v) is 2.78. The molecule has 94 valence electrons. The van der Waals surface area contributed by atoms with E-state index < -0.39 is 17.8 Å². The van der Waals surface area contributed by atoms with Crippen molar-refractivity contribution in [1.82, 2.24) is 15.5 Å². The molecule has 2 atom stereocenters.